The molecule has 0 bridgehead atoms. The van der Waals surface area contributed by atoms with Gasteiger partial charge in [-0.25, -0.2) is 0 Å². The number of nitrogens with one attached hydrogen (secondary N) is 1. The minimum absolute atomic E-state index is 0.0387. The van der Waals surface area contributed by atoms with Gasteiger partial charge in [-0.2, -0.15) is 0 Å². The smallest absolute Gasteiger partial charge is 0.254 e. The van der Waals surface area contributed by atoms with Gasteiger partial charge in [0, 0.05) is 43.7 Å². The molecule has 1 N–H and O–H groups in total. The van der Waals surface area contributed by atoms with Crippen LogP contribution in [-0.2, 0) is 4.79 Å². The van der Waals surface area contributed by atoms with Crippen molar-refractivity contribution in [2.75, 3.05) is 26.2 Å². The van der Waals surface area contributed by atoms with Gasteiger partial charge >= 0.3 is 0 Å². The fourth-order valence-electron chi connectivity index (χ4n) is 6.80. The molecule has 1 saturated carbocycles. The number of hydrogen-bond acceptors (Lipinski definition) is 3. The maximum absolute atomic E-state index is 13.3. The first-order valence-corrected chi connectivity index (χ1v) is 13.9. The Bertz CT molecular complexity index is 1040. The van der Waals surface area contributed by atoms with E-state index in [0.717, 1.165) is 62.1 Å². The van der Waals surface area contributed by atoms with Crippen molar-refractivity contribution >= 4 is 11.8 Å². The molecule has 5 nitrogen and oxygen atoms in total. The Kier molecular flexibility index (Phi) is 7.47. The Morgan fingerprint density at radius 3 is 2.11 bits per heavy atom. The van der Waals surface area contributed by atoms with Gasteiger partial charge in [0.25, 0.3) is 5.91 Å². The standard InChI is InChI=1S/C31H41N3O2/c1-21-10-9-11-22(2)29(21)31(36)34-19-26-17-33(18-27(26)20-34)23(3)16-28(24-12-5-4-6-13-24)32-30(35)25-14-7-8-15-25/h4-6,9-13,23,25-28H,7-8,14-20H2,1-3H3,(H,32,35). The van der Waals surface area contributed by atoms with Crippen LogP contribution in [-0.4, -0.2) is 53.8 Å². The van der Waals surface area contributed by atoms with Crippen molar-refractivity contribution in [1.29, 1.82) is 0 Å². The summed E-state index contributed by atoms with van der Waals surface area (Å²) < 4.78 is 0. The lowest BCUT2D eigenvalue weighted by Gasteiger charge is -2.31. The number of nitrogens with zero attached hydrogens (tertiary/aromatic N) is 2. The van der Waals surface area contributed by atoms with E-state index >= 15 is 0 Å². The molecule has 0 aromatic heterocycles. The number of amides is 2. The molecule has 2 heterocycles. The second kappa shape index (κ2) is 10.8. The van der Waals surface area contributed by atoms with Crippen LogP contribution >= 0.6 is 0 Å². The largest absolute Gasteiger partial charge is 0.349 e. The number of fused-ring (bicyclic) bond motifs is 1. The molecule has 2 aromatic carbocycles. The molecule has 1 aliphatic carbocycles. The Morgan fingerprint density at radius 2 is 1.50 bits per heavy atom. The van der Waals surface area contributed by atoms with Crippen molar-refractivity contribution in [1.82, 2.24) is 15.1 Å². The van der Waals surface area contributed by atoms with Crippen molar-refractivity contribution in [3.63, 3.8) is 0 Å². The third-order valence-electron chi connectivity index (χ3n) is 8.94. The molecule has 3 aliphatic rings. The second-order valence-corrected chi connectivity index (χ2v) is 11.5. The maximum atomic E-state index is 13.3. The number of carbonyl (C=O) groups excluding carboxylic acids is 2. The Morgan fingerprint density at radius 1 is 0.889 bits per heavy atom. The van der Waals surface area contributed by atoms with Crippen LogP contribution in [0.2, 0.25) is 0 Å². The Balaban J connectivity index is 1.20. The van der Waals surface area contributed by atoms with E-state index in [0.29, 0.717) is 17.9 Å². The van der Waals surface area contributed by atoms with Crippen LogP contribution in [0.15, 0.2) is 48.5 Å². The highest BCUT2D eigenvalue weighted by atomic mass is 16.2. The van der Waals surface area contributed by atoms with Crippen LogP contribution in [0.1, 0.15) is 72.1 Å². The summed E-state index contributed by atoms with van der Waals surface area (Å²) >= 11 is 0. The molecular formula is C31H41N3O2. The molecule has 0 spiro atoms. The van der Waals surface area contributed by atoms with E-state index in [1.807, 2.05) is 38.1 Å². The zero-order chi connectivity index (χ0) is 25.2. The fourth-order valence-corrected chi connectivity index (χ4v) is 6.80. The summed E-state index contributed by atoms with van der Waals surface area (Å²) in [6.07, 6.45) is 5.30. The fraction of sp³-hybridized carbons (Fsp3) is 0.548. The van der Waals surface area contributed by atoms with Crippen LogP contribution in [0, 0.1) is 31.6 Å². The molecule has 2 amide bonds. The number of aryl methyl sites for hydroxylation is 2. The molecule has 4 unspecified atom stereocenters. The molecule has 5 heteroatoms. The number of carbonyl (C=O) groups is 2. The Hall–Kier alpha value is -2.66. The van der Waals surface area contributed by atoms with Crippen LogP contribution < -0.4 is 5.32 Å². The molecule has 0 radical (unpaired) electrons. The number of benzene rings is 2. The van der Waals surface area contributed by atoms with Crippen LogP contribution in [0.3, 0.4) is 0 Å². The average molecular weight is 488 g/mol. The molecule has 192 valence electrons. The molecule has 3 fully saturated rings. The van der Waals surface area contributed by atoms with Crippen molar-refractivity contribution in [3.8, 4) is 0 Å². The van der Waals surface area contributed by atoms with Crippen molar-refractivity contribution in [2.24, 2.45) is 17.8 Å². The van der Waals surface area contributed by atoms with E-state index in [-0.39, 0.29) is 23.8 Å². The molecule has 4 atom stereocenters. The van der Waals surface area contributed by atoms with Gasteiger partial charge < -0.3 is 10.2 Å². The number of rotatable bonds is 7. The van der Waals surface area contributed by atoms with Gasteiger partial charge in [0.05, 0.1) is 6.04 Å². The Labute approximate surface area is 216 Å². The van der Waals surface area contributed by atoms with Crippen molar-refractivity contribution < 1.29 is 9.59 Å². The van der Waals surface area contributed by atoms with E-state index in [4.69, 9.17) is 0 Å². The van der Waals surface area contributed by atoms with Crippen molar-refractivity contribution in [3.05, 3.63) is 70.8 Å². The van der Waals surface area contributed by atoms with Gasteiger partial charge in [0.1, 0.15) is 0 Å². The summed E-state index contributed by atoms with van der Waals surface area (Å²) in [5, 5.41) is 3.41. The average Bonchev–Trinajstić information content (AvgIpc) is 3.61. The van der Waals surface area contributed by atoms with Gasteiger partial charge in [0.2, 0.25) is 5.91 Å². The van der Waals surface area contributed by atoms with Gasteiger partial charge in [-0.1, -0.05) is 61.4 Å². The summed E-state index contributed by atoms with van der Waals surface area (Å²) in [4.78, 5) is 31.0. The third kappa shape index (κ3) is 5.22. The van der Waals surface area contributed by atoms with E-state index in [1.165, 1.54) is 18.4 Å². The quantitative estimate of drug-likeness (QED) is 0.589. The van der Waals surface area contributed by atoms with E-state index in [9.17, 15) is 9.59 Å². The van der Waals surface area contributed by atoms with E-state index < -0.39 is 0 Å². The summed E-state index contributed by atoms with van der Waals surface area (Å²) in [5.74, 6) is 1.66. The summed E-state index contributed by atoms with van der Waals surface area (Å²) in [6.45, 7) is 10.1. The number of hydrogen-bond donors (Lipinski definition) is 1. The summed E-state index contributed by atoms with van der Waals surface area (Å²) in [5.41, 5.74) is 4.21. The van der Waals surface area contributed by atoms with E-state index in [2.05, 4.69) is 46.3 Å². The number of likely N-dealkylation sites (tertiary alicyclic amines) is 2. The van der Waals surface area contributed by atoms with Gasteiger partial charge in [0.15, 0.2) is 0 Å². The van der Waals surface area contributed by atoms with Crippen molar-refractivity contribution in [2.45, 2.75) is 65.0 Å². The molecule has 2 aromatic rings. The highest BCUT2D eigenvalue weighted by Gasteiger charge is 2.43. The lowest BCUT2D eigenvalue weighted by Crippen LogP contribution is -2.40. The molecular weight excluding hydrogens is 446 g/mol. The SMILES string of the molecule is Cc1cccc(C)c1C(=O)N1CC2CN(C(C)CC(NC(=O)C3CCCC3)c3ccccc3)CC2C1. The minimum atomic E-state index is 0.0387. The van der Waals surface area contributed by atoms with E-state index in [1.54, 1.807) is 0 Å². The molecule has 36 heavy (non-hydrogen) atoms. The summed E-state index contributed by atoms with van der Waals surface area (Å²) in [7, 11) is 0. The zero-order valence-electron chi connectivity index (χ0n) is 22.1. The highest BCUT2D eigenvalue weighted by Crippen LogP contribution is 2.35. The normalized spacial score (nSPS) is 24.0. The van der Waals surface area contributed by atoms with Gasteiger partial charge in [-0.3, -0.25) is 14.5 Å². The maximum Gasteiger partial charge on any atom is 0.254 e. The second-order valence-electron chi connectivity index (χ2n) is 11.5. The first kappa shape index (κ1) is 25.0. The predicted octanol–water partition coefficient (Wildman–Crippen LogP) is 5.13. The molecule has 2 saturated heterocycles. The van der Waals surface area contributed by atoms with Crippen LogP contribution in [0.5, 0.6) is 0 Å². The zero-order valence-corrected chi connectivity index (χ0v) is 22.1. The monoisotopic (exact) mass is 487 g/mol. The van der Waals surface area contributed by atoms with Gasteiger partial charge in [-0.05, 0) is 68.6 Å². The third-order valence-corrected chi connectivity index (χ3v) is 8.94. The van der Waals surface area contributed by atoms with Crippen LogP contribution in [0.4, 0.5) is 0 Å². The van der Waals surface area contributed by atoms with Gasteiger partial charge in [-0.15, -0.1) is 0 Å². The molecule has 5 rings (SSSR count). The lowest BCUT2D eigenvalue weighted by molar-refractivity contribution is -0.125. The first-order chi connectivity index (χ1) is 17.4. The first-order valence-electron chi connectivity index (χ1n) is 13.9. The minimum Gasteiger partial charge on any atom is -0.349 e. The van der Waals surface area contributed by atoms with Crippen LogP contribution in [0.25, 0.3) is 0 Å². The lowest BCUT2D eigenvalue weighted by atomic mass is 9.97. The highest BCUT2D eigenvalue weighted by molar-refractivity contribution is 5.97. The predicted molar refractivity (Wildman–Crippen MR) is 144 cm³/mol. The molecule has 2 aliphatic heterocycles. The summed E-state index contributed by atoms with van der Waals surface area (Å²) in [6, 6.07) is 17.0. The topological polar surface area (TPSA) is 52.7 Å².